The van der Waals surface area contributed by atoms with Gasteiger partial charge in [-0.25, -0.2) is 0 Å². The Bertz CT molecular complexity index is 372. The maximum atomic E-state index is 10.7. The number of hydrogen-bond donors (Lipinski definition) is 3. The maximum absolute atomic E-state index is 10.7. The molecule has 1 atom stereocenters. The molecule has 0 aromatic heterocycles. The van der Waals surface area contributed by atoms with Gasteiger partial charge in [0.05, 0.1) is 10.7 Å². The third-order valence-corrected chi connectivity index (χ3v) is 2.63. The van der Waals surface area contributed by atoms with Gasteiger partial charge in [0.15, 0.2) is 0 Å². The van der Waals surface area contributed by atoms with Gasteiger partial charge in [0.25, 0.3) is 0 Å². The minimum absolute atomic E-state index is 0.255. The van der Waals surface area contributed by atoms with Gasteiger partial charge in [0, 0.05) is 11.0 Å². The fourth-order valence-electron chi connectivity index (χ4n) is 0.953. The highest BCUT2D eigenvalue weighted by atomic mass is 79.9. The van der Waals surface area contributed by atoms with Crippen LogP contribution in [0.25, 0.3) is 0 Å². The smallest absolute Gasteiger partial charge is 0.236 e. The standard InChI is InChI=1S/C9H11BrClN3O/c10-5-1-2-6(11)8(3-5)14-4-7(12)9(13)15/h1-3,7,14H,4,12H2,(H2,13,15). The zero-order chi connectivity index (χ0) is 11.4. The molecule has 0 saturated heterocycles. The lowest BCUT2D eigenvalue weighted by Crippen LogP contribution is -2.41. The molecule has 0 aliphatic heterocycles. The third kappa shape index (κ3) is 3.70. The molecule has 0 bridgehead atoms. The topological polar surface area (TPSA) is 81.1 Å². The summed E-state index contributed by atoms with van der Waals surface area (Å²) in [6, 6.07) is 4.64. The van der Waals surface area contributed by atoms with Gasteiger partial charge in [-0.15, -0.1) is 0 Å². The van der Waals surface area contributed by atoms with E-state index in [4.69, 9.17) is 23.1 Å². The van der Waals surface area contributed by atoms with E-state index in [0.29, 0.717) is 10.7 Å². The van der Waals surface area contributed by atoms with E-state index < -0.39 is 11.9 Å². The quantitative estimate of drug-likeness (QED) is 0.783. The van der Waals surface area contributed by atoms with Crippen molar-refractivity contribution in [2.75, 3.05) is 11.9 Å². The zero-order valence-electron chi connectivity index (χ0n) is 7.84. The van der Waals surface area contributed by atoms with Crippen LogP contribution < -0.4 is 16.8 Å². The van der Waals surface area contributed by atoms with Crippen LogP contribution in [0.1, 0.15) is 0 Å². The van der Waals surface area contributed by atoms with Gasteiger partial charge in [-0.1, -0.05) is 27.5 Å². The Kier molecular flexibility index (Phi) is 4.38. The highest BCUT2D eigenvalue weighted by Crippen LogP contribution is 2.25. The molecule has 1 rings (SSSR count). The molecule has 82 valence electrons. The molecule has 1 unspecified atom stereocenters. The van der Waals surface area contributed by atoms with E-state index in [2.05, 4.69) is 21.2 Å². The molecule has 1 aromatic rings. The lowest BCUT2D eigenvalue weighted by molar-refractivity contribution is -0.118. The first-order chi connectivity index (χ1) is 7.00. The fraction of sp³-hybridized carbons (Fsp3) is 0.222. The van der Waals surface area contributed by atoms with Gasteiger partial charge in [-0.05, 0) is 18.2 Å². The van der Waals surface area contributed by atoms with Crippen LogP contribution in [0.5, 0.6) is 0 Å². The van der Waals surface area contributed by atoms with Crippen LogP contribution in [0.3, 0.4) is 0 Å². The van der Waals surface area contributed by atoms with Crippen molar-refractivity contribution in [3.05, 3.63) is 27.7 Å². The molecule has 0 fully saturated rings. The normalized spacial score (nSPS) is 12.2. The first-order valence-corrected chi connectivity index (χ1v) is 5.41. The number of nitrogens with two attached hydrogens (primary N) is 2. The van der Waals surface area contributed by atoms with Crippen molar-refractivity contribution >= 4 is 39.1 Å². The van der Waals surface area contributed by atoms with Crippen molar-refractivity contribution in [1.29, 1.82) is 0 Å². The summed E-state index contributed by atoms with van der Waals surface area (Å²) in [6.45, 7) is 0.255. The average molecular weight is 293 g/mol. The van der Waals surface area contributed by atoms with Crippen LogP contribution in [0.4, 0.5) is 5.69 Å². The fourth-order valence-corrected chi connectivity index (χ4v) is 1.50. The number of nitrogens with one attached hydrogen (secondary N) is 1. The van der Waals surface area contributed by atoms with E-state index >= 15 is 0 Å². The molecule has 5 N–H and O–H groups in total. The Labute approximate surface area is 101 Å². The maximum Gasteiger partial charge on any atom is 0.236 e. The molecule has 0 aliphatic carbocycles. The second-order valence-corrected chi connectivity index (χ2v) is 4.34. The molecule has 15 heavy (non-hydrogen) atoms. The van der Waals surface area contributed by atoms with Gasteiger partial charge in [-0.3, -0.25) is 4.79 Å². The first kappa shape index (κ1) is 12.3. The zero-order valence-corrected chi connectivity index (χ0v) is 10.2. The van der Waals surface area contributed by atoms with E-state index in [1.54, 1.807) is 12.1 Å². The highest BCUT2D eigenvalue weighted by Gasteiger charge is 2.09. The van der Waals surface area contributed by atoms with Crippen LogP contribution in [0, 0.1) is 0 Å². The number of primary amides is 1. The Morgan fingerprint density at radius 1 is 1.60 bits per heavy atom. The van der Waals surface area contributed by atoms with Gasteiger partial charge in [0.1, 0.15) is 6.04 Å². The predicted molar refractivity (Wildman–Crippen MR) is 64.8 cm³/mol. The Hall–Kier alpha value is -0.780. The van der Waals surface area contributed by atoms with Crippen LogP contribution in [-0.2, 0) is 4.79 Å². The van der Waals surface area contributed by atoms with E-state index in [1.807, 2.05) is 6.07 Å². The SMILES string of the molecule is NC(=O)C(N)CNc1cc(Br)ccc1Cl. The molecule has 1 amide bonds. The molecule has 0 radical (unpaired) electrons. The van der Waals surface area contributed by atoms with Crippen LogP contribution in [0.2, 0.25) is 5.02 Å². The molecule has 0 aliphatic rings. The Morgan fingerprint density at radius 2 is 2.27 bits per heavy atom. The number of halogens is 2. The number of hydrogen-bond acceptors (Lipinski definition) is 3. The van der Waals surface area contributed by atoms with Crippen molar-refractivity contribution in [3.63, 3.8) is 0 Å². The van der Waals surface area contributed by atoms with Crippen LogP contribution in [0.15, 0.2) is 22.7 Å². The molecule has 0 spiro atoms. The van der Waals surface area contributed by atoms with Crippen molar-refractivity contribution in [3.8, 4) is 0 Å². The van der Waals surface area contributed by atoms with Crippen molar-refractivity contribution in [1.82, 2.24) is 0 Å². The first-order valence-electron chi connectivity index (χ1n) is 4.24. The van der Waals surface area contributed by atoms with Gasteiger partial charge in [-0.2, -0.15) is 0 Å². The molecule has 1 aromatic carbocycles. The summed E-state index contributed by atoms with van der Waals surface area (Å²) in [6.07, 6.45) is 0. The second kappa shape index (κ2) is 5.34. The van der Waals surface area contributed by atoms with Crippen molar-refractivity contribution < 1.29 is 4.79 Å². The van der Waals surface area contributed by atoms with E-state index in [9.17, 15) is 4.79 Å². The molecule has 4 nitrogen and oxygen atoms in total. The van der Waals surface area contributed by atoms with Crippen molar-refractivity contribution in [2.45, 2.75) is 6.04 Å². The predicted octanol–water partition coefficient (Wildman–Crippen LogP) is 1.33. The minimum atomic E-state index is -0.722. The molecule has 6 heteroatoms. The lowest BCUT2D eigenvalue weighted by atomic mass is 10.2. The summed E-state index contributed by atoms with van der Waals surface area (Å²) >= 11 is 9.23. The number of benzene rings is 1. The molecular formula is C9H11BrClN3O. The summed E-state index contributed by atoms with van der Waals surface area (Å²) in [4.78, 5) is 10.7. The monoisotopic (exact) mass is 291 g/mol. The summed E-state index contributed by atoms with van der Waals surface area (Å²) in [5.74, 6) is -0.548. The Morgan fingerprint density at radius 3 is 2.87 bits per heavy atom. The van der Waals surface area contributed by atoms with Gasteiger partial charge >= 0.3 is 0 Å². The number of rotatable bonds is 4. The summed E-state index contributed by atoms with van der Waals surface area (Å²) in [7, 11) is 0. The number of carbonyl (C=O) groups is 1. The second-order valence-electron chi connectivity index (χ2n) is 3.01. The van der Waals surface area contributed by atoms with Gasteiger partial charge in [0.2, 0.25) is 5.91 Å². The minimum Gasteiger partial charge on any atom is -0.382 e. The van der Waals surface area contributed by atoms with Gasteiger partial charge < -0.3 is 16.8 Å². The van der Waals surface area contributed by atoms with Crippen LogP contribution in [-0.4, -0.2) is 18.5 Å². The lowest BCUT2D eigenvalue weighted by Gasteiger charge is -2.11. The third-order valence-electron chi connectivity index (χ3n) is 1.81. The van der Waals surface area contributed by atoms with E-state index in [1.165, 1.54) is 0 Å². The summed E-state index contributed by atoms with van der Waals surface area (Å²) in [5.41, 5.74) is 11.2. The number of anilines is 1. The average Bonchev–Trinajstić information content (AvgIpc) is 2.18. The number of carbonyl (C=O) groups excluding carboxylic acids is 1. The van der Waals surface area contributed by atoms with E-state index in [0.717, 1.165) is 4.47 Å². The Balaban J connectivity index is 2.65. The largest absolute Gasteiger partial charge is 0.382 e. The van der Waals surface area contributed by atoms with Crippen molar-refractivity contribution in [2.24, 2.45) is 11.5 Å². The summed E-state index contributed by atoms with van der Waals surface area (Å²) < 4.78 is 0.891. The van der Waals surface area contributed by atoms with E-state index in [-0.39, 0.29) is 6.54 Å². The summed E-state index contributed by atoms with van der Waals surface area (Å²) in [5, 5.41) is 3.51. The molecular weight excluding hydrogens is 281 g/mol. The molecule has 0 saturated carbocycles. The van der Waals surface area contributed by atoms with Crippen LogP contribution >= 0.6 is 27.5 Å². The molecule has 0 heterocycles. The highest BCUT2D eigenvalue weighted by molar-refractivity contribution is 9.10. The number of amides is 1.